The van der Waals surface area contributed by atoms with Crippen molar-refractivity contribution in [1.82, 2.24) is 5.32 Å². The summed E-state index contributed by atoms with van der Waals surface area (Å²) in [4.78, 5) is 0. The van der Waals surface area contributed by atoms with E-state index in [-0.39, 0.29) is 0 Å². The highest BCUT2D eigenvalue weighted by molar-refractivity contribution is 7.98. The van der Waals surface area contributed by atoms with E-state index in [1.807, 2.05) is 36.0 Å². The van der Waals surface area contributed by atoms with Gasteiger partial charge >= 0.3 is 0 Å². The zero-order valence-electron chi connectivity index (χ0n) is 11.1. The monoisotopic (exact) mass is 277 g/mol. The minimum Gasteiger partial charge on any atom is -0.497 e. The molecule has 0 spiro atoms. The molecule has 1 N–H and O–H groups in total. The summed E-state index contributed by atoms with van der Waals surface area (Å²) in [6, 6.07) is 12.1. The van der Waals surface area contributed by atoms with Crippen LogP contribution in [0.4, 0.5) is 0 Å². The van der Waals surface area contributed by atoms with Gasteiger partial charge in [0.05, 0.1) is 19.1 Å². The van der Waals surface area contributed by atoms with Crippen molar-refractivity contribution >= 4 is 11.8 Å². The number of hydrogen-bond donors (Lipinski definition) is 1. The number of methoxy groups -OCH3 is 1. The van der Waals surface area contributed by atoms with Crippen LogP contribution in [-0.4, -0.2) is 19.4 Å². The molecule has 0 saturated heterocycles. The van der Waals surface area contributed by atoms with Crippen LogP contribution in [0.1, 0.15) is 11.3 Å². The van der Waals surface area contributed by atoms with Gasteiger partial charge in [0.15, 0.2) is 0 Å². The maximum atomic E-state index is 5.28. The van der Waals surface area contributed by atoms with Gasteiger partial charge in [-0.25, -0.2) is 0 Å². The standard InChI is InChI=1S/C15H19NO2S/c1-17-14-6-4-13(5-7-14)11-16-8-10-19-12-15-3-2-9-18-15/h2-7,9,16H,8,10-12H2,1H3. The summed E-state index contributed by atoms with van der Waals surface area (Å²) in [6.45, 7) is 1.89. The molecule has 0 saturated carbocycles. The lowest BCUT2D eigenvalue weighted by Gasteiger charge is -2.05. The second-order valence-corrected chi connectivity index (χ2v) is 5.26. The molecule has 19 heavy (non-hydrogen) atoms. The van der Waals surface area contributed by atoms with Crippen LogP contribution in [0.25, 0.3) is 0 Å². The molecule has 0 radical (unpaired) electrons. The molecule has 102 valence electrons. The molecule has 0 aliphatic heterocycles. The van der Waals surface area contributed by atoms with Crippen molar-refractivity contribution in [3.8, 4) is 5.75 Å². The molecule has 1 aromatic carbocycles. The molecule has 1 heterocycles. The minimum absolute atomic E-state index is 0.894. The highest BCUT2D eigenvalue weighted by atomic mass is 32.2. The highest BCUT2D eigenvalue weighted by Crippen LogP contribution is 2.12. The number of hydrogen-bond acceptors (Lipinski definition) is 4. The summed E-state index contributed by atoms with van der Waals surface area (Å²) in [5, 5.41) is 3.43. The number of benzene rings is 1. The lowest BCUT2D eigenvalue weighted by atomic mass is 10.2. The van der Waals surface area contributed by atoms with E-state index >= 15 is 0 Å². The Bertz CT molecular complexity index is 454. The minimum atomic E-state index is 0.894. The van der Waals surface area contributed by atoms with Gasteiger partial charge in [0.25, 0.3) is 0 Å². The second-order valence-electron chi connectivity index (χ2n) is 4.16. The molecule has 3 nitrogen and oxygen atoms in total. The first-order chi connectivity index (χ1) is 9.38. The highest BCUT2D eigenvalue weighted by Gasteiger charge is 1.97. The molecule has 2 rings (SSSR count). The van der Waals surface area contributed by atoms with Crippen LogP contribution in [0.2, 0.25) is 0 Å². The molecule has 4 heteroatoms. The Morgan fingerprint density at radius 1 is 1.21 bits per heavy atom. The normalized spacial score (nSPS) is 10.6. The predicted molar refractivity (Wildman–Crippen MR) is 79.6 cm³/mol. The lowest BCUT2D eigenvalue weighted by Crippen LogP contribution is -2.16. The van der Waals surface area contributed by atoms with E-state index in [2.05, 4.69) is 17.4 Å². The van der Waals surface area contributed by atoms with Gasteiger partial charge in [0.2, 0.25) is 0 Å². The van der Waals surface area contributed by atoms with Gasteiger partial charge in [-0.1, -0.05) is 12.1 Å². The van der Waals surface area contributed by atoms with E-state index in [1.54, 1.807) is 13.4 Å². The third-order valence-corrected chi connectivity index (χ3v) is 3.72. The molecule has 0 unspecified atom stereocenters. The summed E-state index contributed by atoms with van der Waals surface area (Å²) in [6.07, 6.45) is 1.72. The van der Waals surface area contributed by atoms with Crippen molar-refractivity contribution in [2.24, 2.45) is 0 Å². The number of furan rings is 1. The molecule has 0 fully saturated rings. The zero-order chi connectivity index (χ0) is 13.3. The fourth-order valence-electron chi connectivity index (χ4n) is 1.69. The Hall–Kier alpha value is -1.39. The van der Waals surface area contributed by atoms with Crippen molar-refractivity contribution in [2.45, 2.75) is 12.3 Å². The van der Waals surface area contributed by atoms with Crippen molar-refractivity contribution in [2.75, 3.05) is 19.4 Å². The van der Waals surface area contributed by atoms with Crippen LogP contribution in [0.15, 0.2) is 47.1 Å². The van der Waals surface area contributed by atoms with Gasteiger partial charge in [-0.15, -0.1) is 0 Å². The Labute approximate surface area is 118 Å². The van der Waals surface area contributed by atoms with Crippen molar-refractivity contribution in [1.29, 1.82) is 0 Å². The van der Waals surface area contributed by atoms with E-state index < -0.39 is 0 Å². The van der Waals surface area contributed by atoms with E-state index in [4.69, 9.17) is 9.15 Å². The van der Waals surface area contributed by atoms with Crippen LogP contribution in [0.5, 0.6) is 5.75 Å². The fraction of sp³-hybridized carbons (Fsp3) is 0.333. The maximum absolute atomic E-state index is 5.28. The van der Waals surface area contributed by atoms with Crippen molar-refractivity contribution in [3.05, 3.63) is 54.0 Å². The summed E-state index contributed by atoms with van der Waals surface area (Å²) in [7, 11) is 1.68. The van der Waals surface area contributed by atoms with Gasteiger partial charge < -0.3 is 14.5 Å². The van der Waals surface area contributed by atoms with Crippen LogP contribution in [0.3, 0.4) is 0 Å². The number of nitrogens with one attached hydrogen (secondary N) is 1. The molecule has 0 aliphatic carbocycles. The molecule has 0 aliphatic rings. The number of ether oxygens (including phenoxy) is 1. The smallest absolute Gasteiger partial charge is 0.118 e. The third kappa shape index (κ3) is 5.01. The Balaban J connectivity index is 1.56. The number of thioether (sulfide) groups is 1. The molecular formula is C15H19NO2S. The molecule has 0 atom stereocenters. The average Bonchev–Trinajstić information content (AvgIpc) is 2.96. The maximum Gasteiger partial charge on any atom is 0.118 e. The quantitative estimate of drug-likeness (QED) is 0.751. The molecule has 1 aromatic heterocycles. The van der Waals surface area contributed by atoms with Crippen molar-refractivity contribution < 1.29 is 9.15 Å². The first-order valence-corrected chi connectivity index (χ1v) is 7.48. The van der Waals surface area contributed by atoms with Gasteiger partial charge in [0.1, 0.15) is 11.5 Å². The van der Waals surface area contributed by atoms with Crippen LogP contribution in [-0.2, 0) is 12.3 Å². The third-order valence-electron chi connectivity index (χ3n) is 2.74. The van der Waals surface area contributed by atoms with Gasteiger partial charge in [-0.2, -0.15) is 11.8 Å². The lowest BCUT2D eigenvalue weighted by molar-refractivity contribution is 0.414. The predicted octanol–water partition coefficient (Wildman–Crippen LogP) is 3.31. The Kier molecular flexibility index (Phi) is 5.85. The summed E-state index contributed by atoms with van der Waals surface area (Å²) in [5.41, 5.74) is 1.27. The summed E-state index contributed by atoms with van der Waals surface area (Å²) >= 11 is 1.88. The van der Waals surface area contributed by atoms with Crippen LogP contribution >= 0.6 is 11.8 Å². The first-order valence-electron chi connectivity index (χ1n) is 6.32. The zero-order valence-corrected chi connectivity index (χ0v) is 11.9. The number of rotatable bonds is 8. The van der Waals surface area contributed by atoms with E-state index in [9.17, 15) is 0 Å². The van der Waals surface area contributed by atoms with E-state index in [1.165, 1.54) is 5.56 Å². The average molecular weight is 277 g/mol. The largest absolute Gasteiger partial charge is 0.497 e. The van der Waals surface area contributed by atoms with Crippen LogP contribution in [0, 0.1) is 0 Å². The Morgan fingerprint density at radius 2 is 2.05 bits per heavy atom. The summed E-state index contributed by atoms with van der Waals surface area (Å²) < 4.78 is 10.4. The molecular weight excluding hydrogens is 258 g/mol. The SMILES string of the molecule is COc1ccc(CNCCSCc2ccco2)cc1. The fourth-order valence-corrected chi connectivity index (χ4v) is 2.49. The molecule has 0 amide bonds. The Morgan fingerprint density at radius 3 is 2.74 bits per heavy atom. The van der Waals surface area contributed by atoms with Gasteiger partial charge in [0, 0.05) is 18.8 Å². The summed E-state index contributed by atoms with van der Waals surface area (Å²) in [5.74, 6) is 3.96. The molecule has 0 bridgehead atoms. The first kappa shape index (κ1) is 14.0. The van der Waals surface area contributed by atoms with Gasteiger partial charge in [-0.3, -0.25) is 0 Å². The molecule has 2 aromatic rings. The second kappa shape index (κ2) is 7.92. The van der Waals surface area contributed by atoms with E-state index in [0.29, 0.717) is 0 Å². The van der Waals surface area contributed by atoms with E-state index in [0.717, 1.165) is 36.1 Å². The van der Waals surface area contributed by atoms with Crippen molar-refractivity contribution in [3.63, 3.8) is 0 Å². The van der Waals surface area contributed by atoms with Gasteiger partial charge in [-0.05, 0) is 29.8 Å². The topological polar surface area (TPSA) is 34.4 Å². The van der Waals surface area contributed by atoms with Crippen LogP contribution < -0.4 is 10.1 Å².